The molecule has 138 valence electrons. The van der Waals surface area contributed by atoms with E-state index in [1.54, 1.807) is 25.1 Å². The van der Waals surface area contributed by atoms with Crippen molar-refractivity contribution in [3.05, 3.63) is 59.4 Å². The molecule has 26 heavy (non-hydrogen) atoms. The van der Waals surface area contributed by atoms with Gasteiger partial charge >= 0.3 is 0 Å². The molecular weight excluding hydrogens is 373 g/mol. The number of hydrogen-bond acceptors (Lipinski definition) is 5. The number of anilines is 1. The number of benzene rings is 2. The highest BCUT2D eigenvalue weighted by molar-refractivity contribution is 8.13. The molecule has 1 aliphatic rings. The molecule has 0 amide bonds. The van der Waals surface area contributed by atoms with Gasteiger partial charge in [-0.25, -0.2) is 12.8 Å². The minimum absolute atomic E-state index is 0.0783. The summed E-state index contributed by atoms with van der Waals surface area (Å²) in [4.78, 5) is 4.46. The Morgan fingerprint density at radius 1 is 1.27 bits per heavy atom. The van der Waals surface area contributed by atoms with E-state index >= 15 is 0 Å². The monoisotopic (exact) mass is 393 g/mol. The van der Waals surface area contributed by atoms with Crippen LogP contribution in [0.5, 0.6) is 0 Å². The van der Waals surface area contributed by atoms with E-state index < -0.39 is 21.4 Å². The van der Waals surface area contributed by atoms with Crippen molar-refractivity contribution < 1.29 is 12.8 Å². The molecule has 1 aliphatic heterocycles. The first kappa shape index (κ1) is 18.7. The maximum atomic E-state index is 13.5. The lowest BCUT2D eigenvalue weighted by atomic mass is 9.89. The Balaban J connectivity index is 1.94. The summed E-state index contributed by atoms with van der Waals surface area (Å²) in [5.41, 5.74) is 7.12. The van der Waals surface area contributed by atoms with Gasteiger partial charge in [-0.05, 0) is 55.7 Å². The van der Waals surface area contributed by atoms with E-state index in [9.17, 15) is 12.8 Å². The van der Waals surface area contributed by atoms with Gasteiger partial charge in [-0.3, -0.25) is 9.71 Å². The van der Waals surface area contributed by atoms with E-state index in [-0.39, 0.29) is 4.90 Å². The molecule has 3 rings (SSSR count). The molecule has 1 heterocycles. The number of rotatable bonds is 4. The van der Waals surface area contributed by atoms with Gasteiger partial charge in [0.2, 0.25) is 0 Å². The molecule has 0 saturated heterocycles. The molecule has 0 spiro atoms. The van der Waals surface area contributed by atoms with Crippen LogP contribution in [0.25, 0.3) is 0 Å². The molecule has 2 aromatic carbocycles. The summed E-state index contributed by atoms with van der Waals surface area (Å²) in [6.45, 7) is 3.60. The summed E-state index contributed by atoms with van der Waals surface area (Å²) in [5, 5.41) is 0.528. The summed E-state index contributed by atoms with van der Waals surface area (Å²) < 4.78 is 41.4. The van der Waals surface area contributed by atoms with Gasteiger partial charge in [-0.15, -0.1) is 0 Å². The number of nitrogens with one attached hydrogen (secondary N) is 1. The van der Waals surface area contributed by atoms with Gasteiger partial charge in [0.25, 0.3) is 10.0 Å². The fraction of sp³-hybridized carbons (Fsp3) is 0.278. The van der Waals surface area contributed by atoms with Gasteiger partial charge in [0.1, 0.15) is 5.82 Å². The average Bonchev–Trinajstić information content (AvgIpc) is 2.56. The minimum atomic E-state index is -3.90. The zero-order chi connectivity index (χ0) is 18.9. The van der Waals surface area contributed by atoms with Crippen LogP contribution in [0.15, 0.2) is 52.4 Å². The Bertz CT molecular complexity index is 976. The normalized spacial score (nSPS) is 20.5. The van der Waals surface area contributed by atoms with E-state index in [2.05, 4.69) is 9.71 Å². The van der Waals surface area contributed by atoms with Crippen molar-refractivity contribution in [2.45, 2.75) is 30.7 Å². The molecular formula is C18H20FN3O2S2. The topological polar surface area (TPSA) is 84.5 Å². The van der Waals surface area contributed by atoms with E-state index in [1.165, 1.54) is 23.9 Å². The number of aliphatic imine (C=N–C) groups is 1. The second-order valence-electron chi connectivity index (χ2n) is 6.42. The lowest BCUT2D eigenvalue weighted by molar-refractivity contribution is 0.482. The molecule has 8 heteroatoms. The molecule has 2 aromatic rings. The van der Waals surface area contributed by atoms with Crippen molar-refractivity contribution in [3.8, 4) is 0 Å². The zero-order valence-corrected chi connectivity index (χ0v) is 16.1. The lowest BCUT2D eigenvalue weighted by Crippen LogP contribution is -2.28. The maximum absolute atomic E-state index is 13.5. The van der Waals surface area contributed by atoms with Crippen molar-refractivity contribution in [1.82, 2.24) is 0 Å². The highest BCUT2D eigenvalue weighted by atomic mass is 32.2. The predicted octanol–water partition coefficient (Wildman–Crippen LogP) is 3.60. The standard InChI is InChI=1S/C18H20FN3O2S2/c1-12-6-7-14(19)11-16(12)26(23,24)22-15-5-3-4-13(10-15)18(2)8-9-25-17(20)21-18/h3-7,10-11,22H,8-9H2,1-2H3,(H2,20,21). The van der Waals surface area contributed by atoms with Crippen LogP contribution in [-0.4, -0.2) is 19.3 Å². The number of thioether (sulfide) groups is 1. The van der Waals surface area contributed by atoms with E-state index in [1.807, 2.05) is 13.0 Å². The van der Waals surface area contributed by atoms with Crippen LogP contribution < -0.4 is 10.5 Å². The van der Waals surface area contributed by atoms with Crippen LogP contribution in [0, 0.1) is 12.7 Å². The predicted molar refractivity (Wildman–Crippen MR) is 104 cm³/mol. The molecule has 0 aromatic heterocycles. The Hall–Kier alpha value is -2.06. The van der Waals surface area contributed by atoms with Crippen molar-refractivity contribution >= 4 is 32.6 Å². The Morgan fingerprint density at radius 3 is 2.77 bits per heavy atom. The fourth-order valence-electron chi connectivity index (χ4n) is 2.89. The number of nitrogens with zero attached hydrogens (tertiary/aromatic N) is 1. The lowest BCUT2D eigenvalue weighted by Gasteiger charge is -2.30. The second-order valence-corrected chi connectivity index (χ2v) is 9.18. The van der Waals surface area contributed by atoms with Crippen LogP contribution in [-0.2, 0) is 15.6 Å². The molecule has 5 nitrogen and oxygen atoms in total. The summed E-state index contributed by atoms with van der Waals surface area (Å²) >= 11 is 1.51. The van der Waals surface area contributed by atoms with Crippen molar-refractivity contribution in [2.24, 2.45) is 10.7 Å². The van der Waals surface area contributed by atoms with E-state index in [0.717, 1.165) is 23.8 Å². The first-order valence-corrected chi connectivity index (χ1v) is 10.5. The SMILES string of the molecule is Cc1ccc(F)cc1S(=O)(=O)Nc1cccc(C2(C)CCSC(N)=N2)c1. The maximum Gasteiger partial charge on any atom is 0.262 e. The molecule has 3 N–H and O–H groups in total. The third kappa shape index (κ3) is 3.86. The van der Waals surface area contributed by atoms with Crippen LogP contribution in [0.3, 0.4) is 0 Å². The van der Waals surface area contributed by atoms with Gasteiger partial charge in [0, 0.05) is 11.4 Å². The van der Waals surface area contributed by atoms with Gasteiger partial charge in [-0.1, -0.05) is 30.0 Å². The summed E-state index contributed by atoms with van der Waals surface area (Å²) in [5.74, 6) is 0.256. The second kappa shape index (κ2) is 6.92. The third-order valence-corrected chi connectivity index (χ3v) is 6.69. The van der Waals surface area contributed by atoms with E-state index in [4.69, 9.17) is 5.73 Å². The molecule has 0 fully saturated rings. The van der Waals surface area contributed by atoms with Crippen molar-refractivity contribution in [2.75, 3.05) is 10.5 Å². The highest BCUT2D eigenvalue weighted by Crippen LogP contribution is 2.36. The summed E-state index contributed by atoms with van der Waals surface area (Å²) in [6.07, 6.45) is 0.803. The first-order valence-electron chi connectivity index (χ1n) is 8.07. The Morgan fingerprint density at radius 2 is 2.04 bits per heavy atom. The van der Waals surface area contributed by atoms with Crippen LogP contribution in [0.4, 0.5) is 10.1 Å². The summed E-state index contributed by atoms with van der Waals surface area (Å²) in [7, 11) is -3.90. The first-order chi connectivity index (χ1) is 12.2. The Kier molecular flexibility index (Phi) is 4.98. The molecule has 0 saturated carbocycles. The largest absolute Gasteiger partial charge is 0.379 e. The number of hydrogen-bond donors (Lipinski definition) is 2. The number of aryl methyl sites for hydroxylation is 1. The number of amidine groups is 1. The van der Waals surface area contributed by atoms with Crippen molar-refractivity contribution in [3.63, 3.8) is 0 Å². The molecule has 0 radical (unpaired) electrons. The van der Waals surface area contributed by atoms with Crippen molar-refractivity contribution in [1.29, 1.82) is 0 Å². The molecule has 0 aliphatic carbocycles. The van der Waals surface area contributed by atoms with Crippen LogP contribution in [0.2, 0.25) is 0 Å². The minimum Gasteiger partial charge on any atom is -0.379 e. The number of sulfonamides is 1. The van der Waals surface area contributed by atoms with Crippen LogP contribution in [0.1, 0.15) is 24.5 Å². The molecule has 0 bridgehead atoms. The highest BCUT2D eigenvalue weighted by Gasteiger charge is 2.30. The van der Waals surface area contributed by atoms with Crippen LogP contribution >= 0.6 is 11.8 Å². The van der Waals surface area contributed by atoms with E-state index in [0.29, 0.717) is 16.4 Å². The van der Waals surface area contributed by atoms with Gasteiger partial charge in [0.05, 0.1) is 10.4 Å². The van der Waals surface area contributed by atoms with Gasteiger partial charge < -0.3 is 5.73 Å². The number of halogens is 1. The average molecular weight is 394 g/mol. The smallest absolute Gasteiger partial charge is 0.262 e. The Labute approximate surface area is 157 Å². The fourth-order valence-corrected chi connectivity index (χ4v) is 5.17. The van der Waals surface area contributed by atoms with Gasteiger partial charge in [0.15, 0.2) is 5.17 Å². The van der Waals surface area contributed by atoms with Gasteiger partial charge in [-0.2, -0.15) is 0 Å². The number of nitrogens with two attached hydrogens (primary N) is 1. The third-order valence-electron chi connectivity index (χ3n) is 4.37. The molecule has 1 atom stereocenters. The zero-order valence-electron chi connectivity index (χ0n) is 14.5. The quantitative estimate of drug-likeness (QED) is 0.831. The summed E-state index contributed by atoms with van der Waals surface area (Å²) in [6, 6.07) is 10.8. The molecule has 1 unspecified atom stereocenters.